The van der Waals surface area contributed by atoms with Crippen LogP contribution < -0.4 is 0 Å². The summed E-state index contributed by atoms with van der Waals surface area (Å²) in [6.07, 6.45) is 6.20. The lowest BCUT2D eigenvalue weighted by molar-refractivity contribution is -0.128. The van der Waals surface area contributed by atoms with E-state index < -0.39 is 0 Å². The molecule has 1 aliphatic carbocycles. The lowest BCUT2D eigenvalue weighted by atomic mass is 9.96. The van der Waals surface area contributed by atoms with Gasteiger partial charge < -0.3 is 9.42 Å². The van der Waals surface area contributed by atoms with E-state index >= 15 is 0 Å². The third kappa shape index (κ3) is 1.62. The van der Waals surface area contributed by atoms with Gasteiger partial charge in [0.05, 0.1) is 12.2 Å². The summed E-state index contributed by atoms with van der Waals surface area (Å²) >= 11 is 0. The summed E-state index contributed by atoms with van der Waals surface area (Å²) in [4.78, 5) is 13.4. The molecule has 2 heterocycles. The minimum absolute atomic E-state index is 0.251. The van der Waals surface area contributed by atoms with E-state index in [1.165, 1.54) is 18.4 Å². The van der Waals surface area contributed by atoms with Crippen LogP contribution in [-0.2, 0) is 24.2 Å². The Morgan fingerprint density at radius 1 is 1.19 bits per heavy atom. The van der Waals surface area contributed by atoms with Crippen molar-refractivity contribution in [2.75, 3.05) is 6.54 Å². The van der Waals surface area contributed by atoms with Gasteiger partial charge in [0.15, 0.2) is 5.76 Å². The first-order chi connectivity index (χ1) is 7.84. The molecule has 1 saturated heterocycles. The molecule has 1 amide bonds. The van der Waals surface area contributed by atoms with Crippen molar-refractivity contribution in [2.24, 2.45) is 0 Å². The Morgan fingerprint density at radius 2 is 2.06 bits per heavy atom. The Morgan fingerprint density at radius 3 is 2.88 bits per heavy atom. The molecule has 4 heteroatoms. The topological polar surface area (TPSA) is 46.3 Å². The molecule has 0 aromatic carbocycles. The molecule has 0 bridgehead atoms. The van der Waals surface area contributed by atoms with E-state index in [4.69, 9.17) is 4.52 Å². The van der Waals surface area contributed by atoms with Crippen LogP contribution in [0.2, 0.25) is 0 Å². The lowest BCUT2D eigenvalue weighted by Gasteiger charge is -2.15. The molecule has 2 aliphatic rings. The first-order valence-corrected chi connectivity index (χ1v) is 6.08. The Hall–Kier alpha value is -1.32. The summed E-state index contributed by atoms with van der Waals surface area (Å²) in [5, 5.41) is 4.11. The predicted molar refractivity (Wildman–Crippen MR) is 57.8 cm³/mol. The average Bonchev–Trinajstić information content (AvgIpc) is 2.88. The number of aryl methyl sites for hydroxylation is 1. The minimum atomic E-state index is 0.251. The van der Waals surface area contributed by atoms with Crippen LogP contribution in [-0.4, -0.2) is 22.5 Å². The lowest BCUT2D eigenvalue weighted by Crippen LogP contribution is -2.24. The fourth-order valence-electron chi connectivity index (χ4n) is 2.62. The maximum absolute atomic E-state index is 11.5. The van der Waals surface area contributed by atoms with Crippen molar-refractivity contribution < 1.29 is 9.32 Å². The minimum Gasteiger partial charge on any atom is -0.359 e. The standard InChI is InChI=1S/C12H16N2O2/c15-12-6-3-7-14(12)8-11-9-4-1-2-5-10(9)13-16-11/h1-8H2. The number of nitrogens with zero attached hydrogens (tertiary/aromatic N) is 2. The van der Waals surface area contributed by atoms with Gasteiger partial charge in [-0.15, -0.1) is 0 Å². The summed E-state index contributed by atoms with van der Waals surface area (Å²) < 4.78 is 5.38. The van der Waals surface area contributed by atoms with Crippen molar-refractivity contribution in [2.45, 2.75) is 45.1 Å². The number of rotatable bonds is 2. The molecular weight excluding hydrogens is 204 g/mol. The van der Waals surface area contributed by atoms with E-state index in [1.54, 1.807) is 0 Å². The van der Waals surface area contributed by atoms with E-state index in [9.17, 15) is 4.79 Å². The summed E-state index contributed by atoms with van der Waals surface area (Å²) in [5.41, 5.74) is 2.39. The van der Waals surface area contributed by atoms with Crippen molar-refractivity contribution in [3.05, 3.63) is 17.0 Å². The Bertz CT molecular complexity index is 411. The zero-order valence-corrected chi connectivity index (χ0v) is 9.37. The Kier molecular flexibility index (Phi) is 2.42. The van der Waals surface area contributed by atoms with Gasteiger partial charge in [-0.05, 0) is 32.1 Å². The van der Waals surface area contributed by atoms with Gasteiger partial charge in [0.1, 0.15) is 0 Å². The molecule has 4 nitrogen and oxygen atoms in total. The Balaban J connectivity index is 1.79. The van der Waals surface area contributed by atoms with Gasteiger partial charge in [-0.25, -0.2) is 0 Å². The molecule has 0 saturated carbocycles. The van der Waals surface area contributed by atoms with Crippen LogP contribution in [0.3, 0.4) is 0 Å². The third-order valence-corrected chi connectivity index (χ3v) is 3.55. The summed E-state index contributed by atoms with van der Waals surface area (Å²) in [5.74, 6) is 1.17. The molecule has 0 radical (unpaired) electrons. The van der Waals surface area contributed by atoms with Crippen molar-refractivity contribution in [3.63, 3.8) is 0 Å². The van der Waals surface area contributed by atoms with Gasteiger partial charge in [-0.1, -0.05) is 5.16 Å². The number of fused-ring (bicyclic) bond motifs is 1. The van der Waals surface area contributed by atoms with Crippen molar-refractivity contribution in [1.29, 1.82) is 0 Å². The maximum Gasteiger partial charge on any atom is 0.223 e. The number of hydrogen-bond donors (Lipinski definition) is 0. The first kappa shape index (κ1) is 9.87. The molecule has 1 aliphatic heterocycles. The highest BCUT2D eigenvalue weighted by Crippen LogP contribution is 2.25. The second-order valence-electron chi connectivity index (χ2n) is 4.66. The number of amides is 1. The molecule has 0 spiro atoms. The van der Waals surface area contributed by atoms with E-state index in [2.05, 4.69) is 5.16 Å². The van der Waals surface area contributed by atoms with Crippen molar-refractivity contribution >= 4 is 5.91 Å². The van der Waals surface area contributed by atoms with Gasteiger partial charge in [0.25, 0.3) is 0 Å². The summed E-state index contributed by atoms with van der Waals surface area (Å²) in [6.45, 7) is 1.50. The Labute approximate surface area is 94.6 Å². The van der Waals surface area contributed by atoms with E-state index in [-0.39, 0.29) is 5.91 Å². The molecule has 1 aromatic heterocycles. The second kappa shape index (κ2) is 3.92. The van der Waals surface area contributed by atoms with Crippen LogP contribution in [0.15, 0.2) is 4.52 Å². The first-order valence-electron chi connectivity index (χ1n) is 6.08. The van der Waals surface area contributed by atoms with Gasteiger partial charge in [0, 0.05) is 18.5 Å². The van der Waals surface area contributed by atoms with Gasteiger partial charge >= 0.3 is 0 Å². The third-order valence-electron chi connectivity index (χ3n) is 3.55. The van der Waals surface area contributed by atoms with Crippen LogP contribution in [0.1, 0.15) is 42.7 Å². The highest BCUT2D eigenvalue weighted by molar-refractivity contribution is 5.78. The zero-order chi connectivity index (χ0) is 11.0. The number of carbonyl (C=O) groups excluding carboxylic acids is 1. The van der Waals surface area contributed by atoms with Gasteiger partial charge in [0.2, 0.25) is 5.91 Å². The largest absolute Gasteiger partial charge is 0.359 e. The van der Waals surface area contributed by atoms with E-state index in [0.717, 1.165) is 37.3 Å². The van der Waals surface area contributed by atoms with E-state index in [0.29, 0.717) is 13.0 Å². The van der Waals surface area contributed by atoms with Gasteiger partial charge in [-0.2, -0.15) is 0 Å². The second-order valence-corrected chi connectivity index (χ2v) is 4.66. The normalized spacial score (nSPS) is 20.2. The van der Waals surface area contributed by atoms with Crippen molar-refractivity contribution in [1.82, 2.24) is 10.1 Å². The SMILES string of the molecule is O=C1CCCN1Cc1onc2c1CCCC2. The molecule has 86 valence electrons. The van der Waals surface area contributed by atoms with Crippen molar-refractivity contribution in [3.8, 4) is 0 Å². The van der Waals surface area contributed by atoms with E-state index in [1.807, 2.05) is 4.90 Å². The summed E-state index contributed by atoms with van der Waals surface area (Å²) in [7, 11) is 0. The maximum atomic E-state index is 11.5. The number of carbonyl (C=O) groups is 1. The van der Waals surface area contributed by atoms with Crippen LogP contribution in [0, 0.1) is 0 Å². The monoisotopic (exact) mass is 220 g/mol. The molecule has 1 aromatic rings. The zero-order valence-electron chi connectivity index (χ0n) is 9.37. The average molecular weight is 220 g/mol. The molecule has 1 fully saturated rings. The molecule has 0 N–H and O–H groups in total. The predicted octanol–water partition coefficient (Wildman–Crippen LogP) is 1.68. The fourth-order valence-corrected chi connectivity index (χ4v) is 2.62. The van der Waals surface area contributed by atoms with Crippen LogP contribution >= 0.6 is 0 Å². The number of likely N-dealkylation sites (tertiary alicyclic amines) is 1. The molecular formula is C12H16N2O2. The number of aromatic nitrogens is 1. The molecule has 16 heavy (non-hydrogen) atoms. The van der Waals surface area contributed by atoms with Crippen LogP contribution in [0.5, 0.6) is 0 Å². The quantitative estimate of drug-likeness (QED) is 0.761. The fraction of sp³-hybridized carbons (Fsp3) is 0.667. The van der Waals surface area contributed by atoms with Gasteiger partial charge in [-0.3, -0.25) is 4.79 Å². The highest BCUT2D eigenvalue weighted by atomic mass is 16.5. The van der Waals surface area contributed by atoms with Crippen LogP contribution in [0.4, 0.5) is 0 Å². The highest BCUT2D eigenvalue weighted by Gasteiger charge is 2.25. The molecule has 3 rings (SSSR count). The summed E-state index contributed by atoms with van der Waals surface area (Å²) in [6, 6.07) is 0. The number of hydrogen-bond acceptors (Lipinski definition) is 3. The smallest absolute Gasteiger partial charge is 0.223 e. The van der Waals surface area contributed by atoms with Crippen LogP contribution in [0.25, 0.3) is 0 Å². The molecule has 0 atom stereocenters. The molecule has 0 unspecified atom stereocenters.